The molecule has 1 atom stereocenters. The Morgan fingerprint density at radius 3 is 2.80 bits per heavy atom. The normalized spacial score (nSPS) is 23.7. The average molecular weight is 143 g/mol. The molecule has 0 saturated carbocycles. The fraction of sp³-hybridized carbons (Fsp3) is 1.00. The van der Waals surface area contributed by atoms with Crippen molar-refractivity contribution in [3.05, 3.63) is 0 Å². The fourth-order valence-corrected chi connectivity index (χ4v) is 0.888. The smallest absolute Gasteiger partial charge is 0.0822 e. The molecule has 0 aromatic rings. The van der Waals surface area contributed by atoms with Gasteiger partial charge >= 0.3 is 0 Å². The Morgan fingerprint density at radius 1 is 1.60 bits per heavy atom. The lowest BCUT2D eigenvalue weighted by Crippen LogP contribution is -2.21. The molecule has 0 aromatic heterocycles. The molecule has 0 radical (unpaired) electrons. The molecule has 0 bridgehead atoms. The summed E-state index contributed by atoms with van der Waals surface area (Å²) in [6, 6.07) is 0. The standard InChI is InChI=1S/C8H17NO/c1-7(2)5-9-4-3-8-6-10-8/h7-9H,3-6H2,1-2H3. The largest absolute Gasteiger partial charge is 0.373 e. The molecule has 0 aliphatic carbocycles. The highest BCUT2D eigenvalue weighted by atomic mass is 16.6. The molecular formula is C8H17NO. The second-order valence-corrected chi connectivity index (χ2v) is 3.34. The van der Waals surface area contributed by atoms with Crippen molar-refractivity contribution in [2.75, 3.05) is 19.7 Å². The van der Waals surface area contributed by atoms with Crippen molar-refractivity contribution < 1.29 is 4.74 Å². The van der Waals surface area contributed by atoms with Gasteiger partial charge in [-0.05, 0) is 25.4 Å². The van der Waals surface area contributed by atoms with Crippen LogP contribution < -0.4 is 5.32 Å². The van der Waals surface area contributed by atoms with E-state index in [0.29, 0.717) is 6.10 Å². The highest BCUT2D eigenvalue weighted by Gasteiger charge is 2.20. The second kappa shape index (κ2) is 3.94. The van der Waals surface area contributed by atoms with E-state index in [-0.39, 0.29) is 0 Å². The summed E-state index contributed by atoms with van der Waals surface area (Å²) < 4.78 is 5.08. The van der Waals surface area contributed by atoms with Crippen LogP contribution in [0.5, 0.6) is 0 Å². The molecule has 1 fully saturated rings. The zero-order valence-electron chi connectivity index (χ0n) is 6.89. The summed E-state index contributed by atoms with van der Waals surface area (Å²) in [5.41, 5.74) is 0. The first-order valence-electron chi connectivity index (χ1n) is 4.11. The predicted molar refractivity (Wildman–Crippen MR) is 42.1 cm³/mol. The molecule has 2 heteroatoms. The summed E-state index contributed by atoms with van der Waals surface area (Å²) in [7, 11) is 0. The third kappa shape index (κ3) is 3.85. The summed E-state index contributed by atoms with van der Waals surface area (Å²) >= 11 is 0. The van der Waals surface area contributed by atoms with E-state index in [4.69, 9.17) is 4.74 Å². The maximum atomic E-state index is 5.08. The van der Waals surface area contributed by atoms with Gasteiger partial charge in [-0.25, -0.2) is 0 Å². The lowest BCUT2D eigenvalue weighted by molar-refractivity contribution is 0.389. The molecular weight excluding hydrogens is 126 g/mol. The third-order valence-electron chi connectivity index (χ3n) is 1.60. The van der Waals surface area contributed by atoms with E-state index in [0.717, 1.165) is 25.6 Å². The van der Waals surface area contributed by atoms with Gasteiger partial charge in [0.2, 0.25) is 0 Å². The van der Waals surface area contributed by atoms with E-state index in [2.05, 4.69) is 19.2 Å². The molecule has 60 valence electrons. The second-order valence-electron chi connectivity index (χ2n) is 3.34. The SMILES string of the molecule is CC(C)CNCCC1CO1. The van der Waals surface area contributed by atoms with E-state index in [1.807, 2.05) is 0 Å². The first kappa shape index (κ1) is 8.02. The van der Waals surface area contributed by atoms with Crippen LogP contribution >= 0.6 is 0 Å². The Bertz CT molecular complexity index is 85.3. The lowest BCUT2D eigenvalue weighted by atomic mass is 10.2. The average Bonchev–Trinajstić information content (AvgIpc) is 2.62. The van der Waals surface area contributed by atoms with Crippen molar-refractivity contribution in [3.63, 3.8) is 0 Å². The summed E-state index contributed by atoms with van der Waals surface area (Å²) in [6.45, 7) is 7.68. The van der Waals surface area contributed by atoms with Crippen molar-refractivity contribution in [3.8, 4) is 0 Å². The Morgan fingerprint density at radius 2 is 2.30 bits per heavy atom. The number of hydrogen-bond acceptors (Lipinski definition) is 2. The van der Waals surface area contributed by atoms with Crippen molar-refractivity contribution in [2.24, 2.45) is 5.92 Å². The van der Waals surface area contributed by atoms with Crippen molar-refractivity contribution in [1.82, 2.24) is 5.32 Å². The van der Waals surface area contributed by atoms with Gasteiger partial charge in [0.1, 0.15) is 0 Å². The van der Waals surface area contributed by atoms with Crippen LogP contribution in [0.2, 0.25) is 0 Å². The summed E-state index contributed by atoms with van der Waals surface area (Å²) in [4.78, 5) is 0. The Balaban J connectivity index is 1.76. The first-order chi connectivity index (χ1) is 4.79. The van der Waals surface area contributed by atoms with E-state index in [1.54, 1.807) is 0 Å². The van der Waals surface area contributed by atoms with Gasteiger partial charge in [-0.3, -0.25) is 0 Å². The maximum absolute atomic E-state index is 5.08. The Kier molecular flexibility index (Phi) is 3.16. The highest BCUT2D eigenvalue weighted by molar-refractivity contribution is 4.69. The summed E-state index contributed by atoms with van der Waals surface area (Å²) in [5.74, 6) is 0.764. The van der Waals surface area contributed by atoms with Gasteiger partial charge in [0.05, 0.1) is 12.7 Å². The molecule has 2 nitrogen and oxygen atoms in total. The molecule has 1 unspecified atom stereocenters. The van der Waals surface area contributed by atoms with Crippen molar-refractivity contribution >= 4 is 0 Å². The molecule has 0 aromatic carbocycles. The number of hydrogen-bond donors (Lipinski definition) is 1. The maximum Gasteiger partial charge on any atom is 0.0822 e. The third-order valence-corrected chi connectivity index (χ3v) is 1.60. The van der Waals surface area contributed by atoms with Gasteiger partial charge in [-0.15, -0.1) is 0 Å². The molecule has 1 aliphatic rings. The molecule has 1 aliphatic heterocycles. The molecule has 1 saturated heterocycles. The van der Waals surface area contributed by atoms with E-state index >= 15 is 0 Å². The summed E-state index contributed by atoms with van der Waals surface area (Å²) in [5, 5.41) is 3.38. The molecule has 0 amide bonds. The van der Waals surface area contributed by atoms with Gasteiger partial charge in [-0.1, -0.05) is 13.8 Å². The van der Waals surface area contributed by atoms with Gasteiger partial charge in [0, 0.05) is 0 Å². The van der Waals surface area contributed by atoms with Crippen LogP contribution in [0.4, 0.5) is 0 Å². The monoisotopic (exact) mass is 143 g/mol. The van der Waals surface area contributed by atoms with E-state index < -0.39 is 0 Å². The van der Waals surface area contributed by atoms with E-state index in [1.165, 1.54) is 6.42 Å². The van der Waals surface area contributed by atoms with Crippen LogP contribution in [0, 0.1) is 5.92 Å². The molecule has 10 heavy (non-hydrogen) atoms. The van der Waals surface area contributed by atoms with Crippen LogP contribution in [0.15, 0.2) is 0 Å². The summed E-state index contributed by atoms with van der Waals surface area (Å²) in [6.07, 6.45) is 1.77. The zero-order valence-corrected chi connectivity index (χ0v) is 6.89. The number of nitrogens with one attached hydrogen (secondary N) is 1. The van der Waals surface area contributed by atoms with Crippen LogP contribution in [-0.2, 0) is 4.74 Å². The van der Waals surface area contributed by atoms with E-state index in [9.17, 15) is 0 Å². The first-order valence-corrected chi connectivity index (χ1v) is 4.11. The minimum Gasteiger partial charge on any atom is -0.373 e. The quantitative estimate of drug-likeness (QED) is 0.459. The fourth-order valence-electron chi connectivity index (χ4n) is 0.888. The van der Waals surface area contributed by atoms with Gasteiger partial charge < -0.3 is 10.1 Å². The van der Waals surface area contributed by atoms with Crippen LogP contribution in [0.3, 0.4) is 0 Å². The highest BCUT2D eigenvalue weighted by Crippen LogP contribution is 2.11. The minimum absolute atomic E-state index is 0.583. The Labute approximate surface area is 63.0 Å². The number of ether oxygens (including phenoxy) is 1. The van der Waals surface area contributed by atoms with Gasteiger partial charge in [0.15, 0.2) is 0 Å². The molecule has 0 spiro atoms. The minimum atomic E-state index is 0.583. The molecule has 1 N–H and O–H groups in total. The van der Waals surface area contributed by atoms with Gasteiger partial charge in [0.25, 0.3) is 0 Å². The zero-order chi connectivity index (χ0) is 7.40. The van der Waals surface area contributed by atoms with Crippen molar-refractivity contribution in [1.29, 1.82) is 0 Å². The molecule has 1 rings (SSSR count). The van der Waals surface area contributed by atoms with Crippen LogP contribution in [0.25, 0.3) is 0 Å². The molecule has 1 heterocycles. The number of epoxide rings is 1. The van der Waals surface area contributed by atoms with Gasteiger partial charge in [-0.2, -0.15) is 0 Å². The van der Waals surface area contributed by atoms with Crippen LogP contribution in [-0.4, -0.2) is 25.8 Å². The van der Waals surface area contributed by atoms with Crippen molar-refractivity contribution in [2.45, 2.75) is 26.4 Å². The van der Waals surface area contributed by atoms with Crippen LogP contribution in [0.1, 0.15) is 20.3 Å². The number of rotatable bonds is 5. The predicted octanol–water partition coefficient (Wildman–Crippen LogP) is 1.02. The lowest BCUT2D eigenvalue weighted by Gasteiger charge is -2.04. The Hall–Kier alpha value is -0.0800. The topological polar surface area (TPSA) is 24.6 Å².